The highest BCUT2D eigenvalue weighted by molar-refractivity contribution is 7.89. The van der Waals surface area contributed by atoms with Gasteiger partial charge in [0.05, 0.1) is 5.75 Å². The number of aliphatic imine (C=N–C) groups is 1. The minimum Gasteiger partial charge on any atom is -0.356 e. The second-order valence-corrected chi connectivity index (χ2v) is 8.50. The first-order valence-corrected chi connectivity index (χ1v) is 10.7. The molecule has 1 aromatic heterocycles. The molecule has 8 heteroatoms. The van der Waals surface area contributed by atoms with Crippen molar-refractivity contribution in [2.45, 2.75) is 19.4 Å². The standard InChI is InChI=1S/C18H27N5O2S/c1-19-18(21-10-14-23-12-5-15-26(23,24)25)20-9-4-11-22-13-8-16-6-2-3-7-17(16)22/h2-3,6-8,13H,4-5,9-12,14-15H2,1H3,(H2,19,20,21). The van der Waals surface area contributed by atoms with Crippen molar-refractivity contribution < 1.29 is 8.42 Å². The van der Waals surface area contributed by atoms with Gasteiger partial charge >= 0.3 is 0 Å². The van der Waals surface area contributed by atoms with Crippen LogP contribution in [0.15, 0.2) is 41.5 Å². The van der Waals surface area contributed by atoms with Crippen molar-refractivity contribution in [3.63, 3.8) is 0 Å². The molecule has 1 fully saturated rings. The average molecular weight is 378 g/mol. The SMILES string of the molecule is CN=C(NCCCn1ccc2ccccc21)NCCN1CCCS1(=O)=O. The Bertz CT molecular complexity index is 859. The fraction of sp³-hybridized carbons (Fsp3) is 0.500. The van der Waals surface area contributed by atoms with Crippen LogP contribution in [0, 0.1) is 0 Å². The van der Waals surface area contributed by atoms with Crippen LogP contribution in [0.25, 0.3) is 10.9 Å². The molecule has 3 rings (SSSR count). The number of aryl methyl sites for hydroxylation is 1. The molecule has 0 aliphatic carbocycles. The summed E-state index contributed by atoms with van der Waals surface area (Å²) < 4.78 is 27.3. The van der Waals surface area contributed by atoms with Crippen LogP contribution in [0.4, 0.5) is 0 Å². The van der Waals surface area contributed by atoms with Gasteiger partial charge in [0.1, 0.15) is 0 Å². The van der Waals surface area contributed by atoms with Crippen LogP contribution in [0.1, 0.15) is 12.8 Å². The van der Waals surface area contributed by atoms with Gasteiger partial charge in [-0.05, 0) is 30.4 Å². The van der Waals surface area contributed by atoms with Crippen molar-refractivity contribution in [3.05, 3.63) is 36.5 Å². The van der Waals surface area contributed by atoms with Crippen molar-refractivity contribution >= 4 is 26.9 Å². The van der Waals surface area contributed by atoms with Gasteiger partial charge in [-0.15, -0.1) is 0 Å². The highest BCUT2D eigenvalue weighted by Crippen LogP contribution is 2.15. The van der Waals surface area contributed by atoms with E-state index in [-0.39, 0.29) is 5.75 Å². The van der Waals surface area contributed by atoms with E-state index >= 15 is 0 Å². The van der Waals surface area contributed by atoms with Crippen LogP contribution in [0.5, 0.6) is 0 Å². The first kappa shape index (κ1) is 18.7. The van der Waals surface area contributed by atoms with E-state index in [0.717, 1.165) is 25.9 Å². The second-order valence-electron chi connectivity index (χ2n) is 6.42. The molecule has 142 valence electrons. The molecule has 0 amide bonds. The lowest BCUT2D eigenvalue weighted by Gasteiger charge is -2.16. The molecule has 1 aromatic carbocycles. The molecule has 1 aliphatic heterocycles. The molecule has 0 saturated carbocycles. The molecule has 0 bridgehead atoms. The maximum Gasteiger partial charge on any atom is 0.214 e. The molecule has 2 N–H and O–H groups in total. The van der Waals surface area contributed by atoms with Crippen LogP contribution in [-0.4, -0.2) is 62.2 Å². The lowest BCUT2D eigenvalue weighted by atomic mass is 10.2. The summed E-state index contributed by atoms with van der Waals surface area (Å²) in [5.41, 5.74) is 1.25. The second kappa shape index (κ2) is 8.55. The molecule has 2 heterocycles. The Hall–Kier alpha value is -2.06. The summed E-state index contributed by atoms with van der Waals surface area (Å²) in [6.45, 7) is 3.40. The summed E-state index contributed by atoms with van der Waals surface area (Å²) >= 11 is 0. The monoisotopic (exact) mass is 377 g/mol. The number of sulfonamides is 1. The summed E-state index contributed by atoms with van der Waals surface area (Å²) in [4.78, 5) is 4.19. The maximum absolute atomic E-state index is 11.8. The van der Waals surface area contributed by atoms with E-state index in [4.69, 9.17) is 0 Å². The van der Waals surface area contributed by atoms with Gasteiger partial charge in [0.15, 0.2) is 5.96 Å². The highest BCUT2D eigenvalue weighted by atomic mass is 32.2. The van der Waals surface area contributed by atoms with Gasteiger partial charge in [-0.25, -0.2) is 12.7 Å². The van der Waals surface area contributed by atoms with Crippen LogP contribution in [0.2, 0.25) is 0 Å². The predicted molar refractivity (Wildman–Crippen MR) is 106 cm³/mol. The summed E-state index contributed by atoms with van der Waals surface area (Å²) in [7, 11) is -1.30. The van der Waals surface area contributed by atoms with Gasteiger partial charge in [-0.1, -0.05) is 18.2 Å². The van der Waals surface area contributed by atoms with E-state index in [1.807, 2.05) is 0 Å². The molecule has 0 unspecified atom stereocenters. The summed E-state index contributed by atoms with van der Waals surface area (Å²) in [5, 5.41) is 7.73. The Morgan fingerprint density at radius 1 is 1.15 bits per heavy atom. The molecule has 0 spiro atoms. The van der Waals surface area contributed by atoms with E-state index in [1.165, 1.54) is 10.9 Å². The Morgan fingerprint density at radius 2 is 1.96 bits per heavy atom. The third kappa shape index (κ3) is 4.56. The van der Waals surface area contributed by atoms with Gasteiger partial charge in [0, 0.05) is 51.5 Å². The zero-order valence-corrected chi connectivity index (χ0v) is 16.0. The fourth-order valence-corrected chi connectivity index (χ4v) is 4.78. The number of rotatable bonds is 7. The summed E-state index contributed by atoms with van der Waals surface area (Å²) in [5.74, 6) is 0.979. The van der Waals surface area contributed by atoms with Gasteiger partial charge in [0.25, 0.3) is 0 Å². The number of nitrogens with zero attached hydrogens (tertiary/aromatic N) is 3. The molecule has 2 aromatic rings. The maximum atomic E-state index is 11.8. The van der Waals surface area contributed by atoms with E-state index in [1.54, 1.807) is 11.4 Å². The molecule has 0 atom stereocenters. The first-order valence-electron chi connectivity index (χ1n) is 9.06. The minimum atomic E-state index is -3.03. The van der Waals surface area contributed by atoms with Crippen LogP contribution in [0.3, 0.4) is 0 Å². The molecule has 0 radical (unpaired) electrons. The minimum absolute atomic E-state index is 0.272. The van der Waals surface area contributed by atoms with Crippen molar-refractivity contribution in [3.8, 4) is 0 Å². The molecule has 1 saturated heterocycles. The normalized spacial score (nSPS) is 17.7. The first-order chi connectivity index (χ1) is 12.6. The number of aromatic nitrogens is 1. The summed E-state index contributed by atoms with van der Waals surface area (Å²) in [6.07, 6.45) is 3.82. The zero-order valence-electron chi connectivity index (χ0n) is 15.2. The average Bonchev–Trinajstić information content (AvgIpc) is 3.20. The van der Waals surface area contributed by atoms with Crippen LogP contribution >= 0.6 is 0 Å². The predicted octanol–water partition coefficient (Wildman–Crippen LogP) is 1.23. The number of hydrogen-bond donors (Lipinski definition) is 2. The molecule has 1 aliphatic rings. The van der Waals surface area contributed by atoms with Gasteiger partial charge in [0.2, 0.25) is 10.0 Å². The van der Waals surface area contributed by atoms with E-state index in [2.05, 4.69) is 56.7 Å². The van der Waals surface area contributed by atoms with Crippen molar-refractivity contribution in [1.82, 2.24) is 19.5 Å². The van der Waals surface area contributed by atoms with Crippen molar-refractivity contribution in [2.24, 2.45) is 4.99 Å². The quantitative estimate of drug-likeness (QED) is 0.432. The number of para-hydroxylation sites is 1. The van der Waals surface area contributed by atoms with Gasteiger partial charge < -0.3 is 15.2 Å². The van der Waals surface area contributed by atoms with E-state index < -0.39 is 10.0 Å². The third-order valence-corrected chi connectivity index (χ3v) is 6.59. The van der Waals surface area contributed by atoms with Crippen LogP contribution in [-0.2, 0) is 16.6 Å². The largest absolute Gasteiger partial charge is 0.356 e. The zero-order chi connectivity index (χ0) is 18.4. The van der Waals surface area contributed by atoms with Crippen LogP contribution < -0.4 is 10.6 Å². The molecular formula is C18H27N5O2S. The third-order valence-electron chi connectivity index (χ3n) is 4.63. The molecule has 7 nitrogen and oxygen atoms in total. The Balaban J connectivity index is 1.38. The molecular weight excluding hydrogens is 350 g/mol. The highest BCUT2D eigenvalue weighted by Gasteiger charge is 2.27. The van der Waals surface area contributed by atoms with Crippen molar-refractivity contribution in [2.75, 3.05) is 39.0 Å². The number of benzene rings is 1. The number of guanidine groups is 1. The number of hydrogen-bond acceptors (Lipinski definition) is 3. The Labute approximate surface area is 155 Å². The fourth-order valence-electron chi connectivity index (χ4n) is 3.25. The smallest absolute Gasteiger partial charge is 0.214 e. The lowest BCUT2D eigenvalue weighted by molar-refractivity contribution is 0.445. The van der Waals surface area contributed by atoms with Gasteiger partial charge in [-0.3, -0.25) is 4.99 Å². The lowest BCUT2D eigenvalue weighted by Crippen LogP contribution is -2.42. The Morgan fingerprint density at radius 3 is 2.73 bits per heavy atom. The van der Waals surface area contributed by atoms with E-state index in [9.17, 15) is 8.42 Å². The topological polar surface area (TPSA) is 78.7 Å². The number of fused-ring (bicyclic) bond motifs is 1. The molecule has 26 heavy (non-hydrogen) atoms. The van der Waals surface area contributed by atoms with Gasteiger partial charge in [-0.2, -0.15) is 0 Å². The summed E-state index contributed by atoms with van der Waals surface area (Å²) in [6, 6.07) is 10.5. The number of nitrogens with one attached hydrogen (secondary N) is 2. The van der Waals surface area contributed by atoms with E-state index in [0.29, 0.717) is 25.6 Å². The van der Waals surface area contributed by atoms with Crippen molar-refractivity contribution in [1.29, 1.82) is 0 Å². The Kier molecular flexibility index (Phi) is 6.16.